The third-order valence-corrected chi connectivity index (χ3v) is 5.23. The summed E-state index contributed by atoms with van der Waals surface area (Å²) < 4.78 is 11.6. The van der Waals surface area contributed by atoms with Gasteiger partial charge in [-0.2, -0.15) is 0 Å². The van der Waals surface area contributed by atoms with E-state index in [-0.39, 0.29) is 11.8 Å². The number of hydrogen-bond donors (Lipinski definition) is 2. The van der Waals surface area contributed by atoms with Gasteiger partial charge in [0.15, 0.2) is 0 Å². The van der Waals surface area contributed by atoms with Crippen LogP contribution in [0.2, 0.25) is 0 Å². The van der Waals surface area contributed by atoms with Crippen LogP contribution < -0.4 is 20.1 Å². The van der Waals surface area contributed by atoms with Crippen LogP contribution in [0.3, 0.4) is 0 Å². The fourth-order valence-corrected chi connectivity index (χ4v) is 3.61. The average molecular weight is 455 g/mol. The minimum Gasteiger partial charge on any atom is -0.492 e. The van der Waals surface area contributed by atoms with Gasteiger partial charge in [0.2, 0.25) is 0 Å². The molecule has 0 aliphatic heterocycles. The molecule has 0 unspecified atom stereocenters. The van der Waals surface area contributed by atoms with Gasteiger partial charge >= 0.3 is 0 Å². The average Bonchev–Trinajstić information content (AvgIpc) is 2.86. The second kappa shape index (κ2) is 10.5. The highest BCUT2D eigenvalue weighted by Gasteiger charge is 2.17. The minimum atomic E-state index is -0.268. The Morgan fingerprint density at radius 1 is 0.618 bits per heavy atom. The van der Waals surface area contributed by atoms with Crippen LogP contribution in [-0.2, 0) is 0 Å². The fourth-order valence-electron chi connectivity index (χ4n) is 3.61. The Hall–Kier alpha value is -4.32. The molecule has 6 heteroatoms. The van der Waals surface area contributed by atoms with Gasteiger partial charge in [-0.15, -0.1) is 0 Å². The Labute approximate surface area is 198 Å². The van der Waals surface area contributed by atoms with Crippen molar-refractivity contribution in [2.75, 3.05) is 23.8 Å². The third kappa shape index (κ3) is 5.18. The molecule has 4 aromatic carbocycles. The highest BCUT2D eigenvalue weighted by molar-refractivity contribution is 6.08. The van der Waals surface area contributed by atoms with Gasteiger partial charge in [-0.1, -0.05) is 48.5 Å². The van der Waals surface area contributed by atoms with E-state index in [0.717, 1.165) is 10.8 Å². The highest BCUT2D eigenvalue weighted by Crippen LogP contribution is 2.37. The zero-order chi connectivity index (χ0) is 23.9. The lowest BCUT2D eigenvalue weighted by atomic mass is 10.1. The van der Waals surface area contributed by atoms with Crippen LogP contribution in [0.5, 0.6) is 11.5 Å². The van der Waals surface area contributed by atoms with Gasteiger partial charge in [-0.25, -0.2) is 0 Å². The van der Waals surface area contributed by atoms with E-state index < -0.39 is 0 Å². The van der Waals surface area contributed by atoms with Crippen molar-refractivity contribution >= 4 is 34.0 Å². The number of rotatable bonds is 8. The number of anilines is 2. The molecule has 0 heterocycles. The molecule has 0 aliphatic carbocycles. The maximum Gasteiger partial charge on any atom is 0.255 e. The third-order valence-electron chi connectivity index (χ3n) is 5.23. The molecule has 6 nitrogen and oxygen atoms in total. The van der Waals surface area contributed by atoms with Crippen molar-refractivity contribution in [2.45, 2.75) is 13.8 Å². The molecule has 172 valence electrons. The molecule has 34 heavy (non-hydrogen) atoms. The summed E-state index contributed by atoms with van der Waals surface area (Å²) in [6.07, 6.45) is 0. The molecule has 0 saturated heterocycles. The first kappa shape index (κ1) is 22.9. The van der Waals surface area contributed by atoms with Crippen molar-refractivity contribution < 1.29 is 19.1 Å². The van der Waals surface area contributed by atoms with E-state index in [4.69, 9.17) is 9.47 Å². The van der Waals surface area contributed by atoms with E-state index in [1.165, 1.54) is 0 Å². The van der Waals surface area contributed by atoms with Crippen LogP contribution in [0.25, 0.3) is 10.8 Å². The normalized spacial score (nSPS) is 10.5. The lowest BCUT2D eigenvalue weighted by molar-refractivity contribution is 0.101. The maximum atomic E-state index is 13.1. The van der Waals surface area contributed by atoms with Gasteiger partial charge in [-0.05, 0) is 48.9 Å². The van der Waals surface area contributed by atoms with Crippen LogP contribution in [0, 0.1) is 0 Å². The number of fused-ring (bicyclic) bond motifs is 1. The van der Waals surface area contributed by atoms with Crippen molar-refractivity contribution in [1.82, 2.24) is 0 Å². The number of hydrogen-bond acceptors (Lipinski definition) is 4. The van der Waals surface area contributed by atoms with Crippen LogP contribution in [0.15, 0.2) is 84.9 Å². The van der Waals surface area contributed by atoms with Gasteiger partial charge in [0.25, 0.3) is 11.8 Å². The van der Waals surface area contributed by atoms with Gasteiger partial charge in [0.1, 0.15) is 11.5 Å². The van der Waals surface area contributed by atoms with Crippen molar-refractivity contribution in [3.8, 4) is 11.5 Å². The predicted octanol–water partition coefficient (Wildman–Crippen LogP) is 6.14. The van der Waals surface area contributed by atoms with Gasteiger partial charge < -0.3 is 20.1 Å². The Morgan fingerprint density at radius 2 is 1.15 bits per heavy atom. The smallest absolute Gasteiger partial charge is 0.255 e. The van der Waals surface area contributed by atoms with Crippen LogP contribution in [0.4, 0.5) is 11.4 Å². The summed E-state index contributed by atoms with van der Waals surface area (Å²) in [7, 11) is 0. The molecule has 0 aliphatic rings. The Morgan fingerprint density at radius 3 is 1.74 bits per heavy atom. The van der Waals surface area contributed by atoms with E-state index in [1.807, 2.05) is 56.3 Å². The molecule has 0 saturated carbocycles. The molecule has 0 fully saturated rings. The Kier molecular flexibility index (Phi) is 7.08. The molecular weight excluding hydrogens is 428 g/mol. The lowest BCUT2D eigenvalue weighted by Crippen LogP contribution is -2.15. The quantitative estimate of drug-likeness (QED) is 0.335. The molecule has 0 atom stereocenters. The zero-order valence-corrected chi connectivity index (χ0v) is 19.1. The lowest BCUT2D eigenvalue weighted by Gasteiger charge is -2.18. The summed E-state index contributed by atoms with van der Waals surface area (Å²) in [4.78, 5) is 25.8. The predicted molar refractivity (Wildman–Crippen MR) is 135 cm³/mol. The van der Waals surface area contributed by atoms with Crippen LogP contribution >= 0.6 is 0 Å². The number of carbonyl (C=O) groups excluding carboxylic acids is 2. The largest absolute Gasteiger partial charge is 0.492 e. The summed E-state index contributed by atoms with van der Waals surface area (Å²) >= 11 is 0. The maximum absolute atomic E-state index is 13.1. The number of ether oxygens (including phenoxy) is 2. The molecule has 0 radical (unpaired) electrons. The second-order valence-corrected chi connectivity index (χ2v) is 7.55. The molecule has 0 aromatic heterocycles. The molecule has 4 rings (SSSR count). The molecule has 4 aromatic rings. The number of benzene rings is 4. The number of carbonyl (C=O) groups is 2. The monoisotopic (exact) mass is 454 g/mol. The summed E-state index contributed by atoms with van der Waals surface area (Å²) in [6.45, 7) is 4.49. The summed E-state index contributed by atoms with van der Waals surface area (Å²) in [5.41, 5.74) is 1.97. The Bertz CT molecular complexity index is 1320. The van der Waals surface area contributed by atoms with Gasteiger partial charge in [-0.3, -0.25) is 9.59 Å². The van der Waals surface area contributed by atoms with E-state index >= 15 is 0 Å². The second-order valence-electron chi connectivity index (χ2n) is 7.55. The van der Waals surface area contributed by atoms with Crippen molar-refractivity contribution in [3.05, 3.63) is 96.1 Å². The SMILES string of the molecule is CCOc1cc(NC(=O)c2ccc3ccccc3c2)c(OCC)cc1NC(=O)c1ccccc1. The molecular formula is C28H26N2O4. The first-order valence-corrected chi connectivity index (χ1v) is 11.2. The van der Waals surface area contributed by atoms with Crippen LogP contribution in [-0.4, -0.2) is 25.0 Å². The van der Waals surface area contributed by atoms with E-state index in [2.05, 4.69) is 10.6 Å². The molecule has 0 spiro atoms. The Balaban J connectivity index is 1.64. The van der Waals surface area contributed by atoms with E-state index in [9.17, 15) is 9.59 Å². The fraction of sp³-hybridized carbons (Fsp3) is 0.143. The van der Waals surface area contributed by atoms with E-state index in [0.29, 0.717) is 47.2 Å². The first-order valence-electron chi connectivity index (χ1n) is 11.2. The van der Waals surface area contributed by atoms with Crippen LogP contribution in [0.1, 0.15) is 34.6 Å². The number of amides is 2. The summed E-state index contributed by atoms with van der Waals surface area (Å²) in [5, 5.41) is 7.86. The topological polar surface area (TPSA) is 76.7 Å². The van der Waals surface area contributed by atoms with Crippen molar-refractivity contribution in [1.29, 1.82) is 0 Å². The summed E-state index contributed by atoms with van der Waals surface area (Å²) in [6, 6.07) is 25.7. The van der Waals surface area contributed by atoms with E-state index in [1.54, 1.807) is 42.5 Å². The van der Waals surface area contributed by atoms with Gasteiger partial charge in [0, 0.05) is 23.3 Å². The standard InChI is InChI=1S/C28H26N2O4/c1-3-33-25-18-24(30-28(32)22-15-14-19-10-8-9-13-21(19)16-22)26(34-4-2)17-23(25)29-27(31)20-11-6-5-7-12-20/h5-18H,3-4H2,1-2H3,(H,29,31)(H,30,32). The minimum absolute atomic E-state index is 0.267. The molecule has 0 bridgehead atoms. The molecule has 2 N–H and O–H groups in total. The van der Waals surface area contributed by atoms with Gasteiger partial charge in [0.05, 0.1) is 24.6 Å². The molecule has 2 amide bonds. The number of nitrogens with one attached hydrogen (secondary N) is 2. The zero-order valence-electron chi connectivity index (χ0n) is 19.1. The van der Waals surface area contributed by atoms with Crippen molar-refractivity contribution in [2.24, 2.45) is 0 Å². The highest BCUT2D eigenvalue weighted by atomic mass is 16.5. The first-order chi connectivity index (χ1) is 16.6. The van der Waals surface area contributed by atoms with Crippen molar-refractivity contribution in [3.63, 3.8) is 0 Å². The summed E-state index contributed by atoms with van der Waals surface area (Å²) in [5.74, 6) is 0.333.